The Hall–Kier alpha value is -2.43. The van der Waals surface area contributed by atoms with Crippen LogP contribution in [0.15, 0.2) is 36.8 Å². The number of hydrogen-bond acceptors (Lipinski definition) is 3. The van der Waals surface area contributed by atoms with E-state index in [9.17, 15) is 4.79 Å². The molecule has 0 atom stereocenters. The molecule has 0 radical (unpaired) electrons. The lowest BCUT2D eigenvalue weighted by atomic mass is 10.2. The van der Waals surface area contributed by atoms with Gasteiger partial charge in [-0.05, 0) is 23.9 Å². The molecule has 0 aliphatic rings. The van der Waals surface area contributed by atoms with E-state index in [4.69, 9.17) is 0 Å². The highest BCUT2D eigenvalue weighted by atomic mass is 16.1. The Kier molecular flexibility index (Phi) is 3.33. The first-order valence-corrected chi connectivity index (χ1v) is 6.72. The van der Waals surface area contributed by atoms with Gasteiger partial charge in [0.05, 0.1) is 6.54 Å². The molecule has 102 valence electrons. The number of aromatic nitrogens is 4. The topological polar surface area (TPSA) is 52.7 Å². The summed E-state index contributed by atoms with van der Waals surface area (Å²) in [5.74, 6) is 0.931. The molecule has 0 aliphatic heterocycles. The lowest BCUT2D eigenvalue weighted by Gasteiger charge is -2.07. The molecule has 2 aromatic heterocycles. The number of aryl methyl sites for hydroxylation is 1. The van der Waals surface area contributed by atoms with E-state index in [1.54, 1.807) is 6.33 Å². The normalized spacial score (nSPS) is 11.1. The van der Waals surface area contributed by atoms with Crippen molar-refractivity contribution in [3.05, 3.63) is 48.2 Å². The number of nitrogens with zero attached hydrogens (tertiary/aromatic N) is 4. The van der Waals surface area contributed by atoms with Crippen molar-refractivity contribution in [2.24, 2.45) is 0 Å². The third kappa shape index (κ3) is 2.22. The molecule has 2 heterocycles. The molecule has 3 rings (SSSR count). The van der Waals surface area contributed by atoms with Crippen LogP contribution < -0.4 is 0 Å². The van der Waals surface area contributed by atoms with Crippen molar-refractivity contribution in [3.8, 4) is 0 Å². The van der Waals surface area contributed by atoms with Gasteiger partial charge in [-0.3, -0.25) is 4.79 Å². The van der Waals surface area contributed by atoms with Gasteiger partial charge in [0.2, 0.25) is 0 Å². The molecule has 0 saturated heterocycles. The van der Waals surface area contributed by atoms with Crippen LogP contribution in [0.2, 0.25) is 0 Å². The molecule has 0 bridgehead atoms. The Bertz CT molecular complexity index is 741. The SMILES string of the molecule is CCCn1ncnc1Cn1ccc2ccc(C=O)cc21. The van der Waals surface area contributed by atoms with E-state index in [1.165, 1.54) is 0 Å². The smallest absolute Gasteiger partial charge is 0.150 e. The van der Waals surface area contributed by atoms with E-state index >= 15 is 0 Å². The molecular formula is C15H16N4O. The molecule has 0 fully saturated rings. The Morgan fingerprint density at radius 3 is 3.00 bits per heavy atom. The number of carbonyl (C=O) groups is 1. The maximum absolute atomic E-state index is 10.9. The standard InChI is InChI=1S/C15H16N4O/c1-2-6-19-15(16-11-17-19)9-18-7-5-13-4-3-12(10-20)8-14(13)18/h3-5,7-8,10-11H,2,6,9H2,1H3. The largest absolute Gasteiger partial charge is 0.340 e. The van der Waals surface area contributed by atoms with Crippen LogP contribution >= 0.6 is 0 Å². The second-order valence-corrected chi connectivity index (χ2v) is 4.78. The molecule has 3 aromatic rings. The van der Waals surface area contributed by atoms with Crippen molar-refractivity contribution in [2.75, 3.05) is 0 Å². The molecule has 0 aliphatic carbocycles. The van der Waals surface area contributed by atoms with Crippen molar-refractivity contribution in [2.45, 2.75) is 26.4 Å². The summed E-state index contributed by atoms with van der Waals surface area (Å²) < 4.78 is 4.02. The summed E-state index contributed by atoms with van der Waals surface area (Å²) in [5.41, 5.74) is 1.73. The minimum Gasteiger partial charge on any atom is -0.340 e. The van der Waals surface area contributed by atoms with Crippen LogP contribution in [0.25, 0.3) is 10.9 Å². The highest BCUT2D eigenvalue weighted by Crippen LogP contribution is 2.18. The van der Waals surface area contributed by atoms with Crippen molar-refractivity contribution < 1.29 is 4.79 Å². The van der Waals surface area contributed by atoms with Gasteiger partial charge in [0.1, 0.15) is 18.4 Å². The maximum Gasteiger partial charge on any atom is 0.150 e. The van der Waals surface area contributed by atoms with E-state index in [2.05, 4.69) is 21.6 Å². The molecular weight excluding hydrogens is 252 g/mol. The number of benzene rings is 1. The fraction of sp³-hybridized carbons (Fsp3) is 0.267. The second kappa shape index (κ2) is 5.28. The lowest BCUT2D eigenvalue weighted by molar-refractivity contribution is 0.112. The maximum atomic E-state index is 10.9. The number of rotatable bonds is 5. The molecule has 5 heteroatoms. The quantitative estimate of drug-likeness (QED) is 0.668. The third-order valence-corrected chi connectivity index (χ3v) is 3.38. The second-order valence-electron chi connectivity index (χ2n) is 4.78. The Morgan fingerprint density at radius 1 is 1.30 bits per heavy atom. The van der Waals surface area contributed by atoms with Crippen LogP contribution in [0.5, 0.6) is 0 Å². The van der Waals surface area contributed by atoms with Gasteiger partial charge < -0.3 is 4.57 Å². The molecule has 0 unspecified atom stereocenters. The first-order valence-electron chi connectivity index (χ1n) is 6.72. The summed E-state index contributed by atoms with van der Waals surface area (Å²) >= 11 is 0. The third-order valence-electron chi connectivity index (χ3n) is 3.38. The van der Waals surface area contributed by atoms with E-state index in [-0.39, 0.29) is 0 Å². The molecule has 0 amide bonds. The number of fused-ring (bicyclic) bond motifs is 1. The van der Waals surface area contributed by atoms with Crippen molar-refractivity contribution in [1.82, 2.24) is 19.3 Å². The van der Waals surface area contributed by atoms with Crippen LogP contribution in [0.4, 0.5) is 0 Å². The highest BCUT2D eigenvalue weighted by molar-refractivity contribution is 5.87. The van der Waals surface area contributed by atoms with E-state index < -0.39 is 0 Å². The number of aldehydes is 1. The van der Waals surface area contributed by atoms with Gasteiger partial charge in [-0.2, -0.15) is 5.10 Å². The average molecular weight is 268 g/mol. The van der Waals surface area contributed by atoms with Crippen LogP contribution in [0.1, 0.15) is 29.5 Å². The van der Waals surface area contributed by atoms with E-state index in [1.807, 2.05) is 35.1 Å². The predicted octanol–water partition coefficient (Wildman–Crippen LogP) is 2.50. The van der Waals surface area contributed by atoms with Crippen molar-refractivity contribution in [3.63, 3.8) is 0 Å². The van der Waals surface area contributed by atoms with Crippen LogP contribution in [-0.2, 0) is 13.1 Å². The molecule has 0 spiro atoms. The monoisotopic (exact) mass is 268 g/mol. The minimum absolute atomic E-state index is 0.659. The molecule has 20 heavy (non-hydrogen) atoms. The Morgan fingerprint density at radius 2 is 2.20 bits per heavy atom. The van der Waals surface area contributed by atoms with Gasteiger partial charge in [0.15, 0.2) is 0 Å². The fourth-order valence-electron chi connectivity index (χ4n) is 2.37. The first kappa shape index (κ1) is 12.6. The van der Waals surface area contributed by atoms with Crippen LogP contribution in [0, 0.1) is 0 Å². The summed E-state index contributed by atoms with van der Waals surface area (Å²) in [6.45, 7) is 3.65. The highest BCUT2D eigenvalue weighted by Gasteiger charge is 2.07. The van der Waals surface area contributed by atoms with E-state index in [0.29, 0.717) is 12.1 Å². The Balaban J connectivity index is 1.97. The summed E-state index contributed by atoms with van der Waals surface area (Å²) in [5, 5.41) is 5.36. The summed E-state index contributed by atoms with van der Waals surface area (Å²) in [4.78, 5) is 15.2. The van der Waals surface area contributed by atoms with Gasteiger partial charge in [0, 0.05) is 23.8 Å². The molecule has 0 N–H and O–H groups in total. The van der Waals surface area contributed by atoms with Gasteiger partial charge in [-0.1, -0.05) is 19.1 Å². The average Bonchev–Trinajstić information content (AvgIpc) is 3.07. The zero-order chi connectivity index (χ0) is 13.9. The Labute approximate surface area is 116 Å². The van der Waals surface area contributed by atoms with Gasteiger partial charge in [-0.25, -0.2) is 9.67 Å². The van der Waals surface area contributed by atoms with Crippen molar-refractivity contribution in [1.29, 1.82) is 0 Å². The number of carbonyl (C=O) groups excluding carboxylic acids is 1. The fourth-order valence-corrected chi connectivity index (χ4v) is 2.37. The summed E-state index contributed by atoms with van der Waals surface area (Å²) in [6, 6.07) is 7.75. The van der Waals surface area contributed by atoms with Gasteiger partial charge >= 0.3 is 0 Å². The lowest BCUT2D eigenvalue weighted by Crippen LogP contribution is -2.09. The zero-order valence-corrected chi connectivity index (χ0v) is 11.4. The number of hydrogen-bond donors (Lipinski definition) is 0. The first-order chi connectivity index (χ1) is 9.81. The van der Waals surface area contributed by atoms with Gasteiger partial charge in [-0.15, -0.1) is 0 Å². The zero-order valence-electron chi connectivity index (χ0n) is 11.4. The summed E-state index contributed by atoms with van der Waals surface area (Å²) in [7, 11) is 0. The predicted molar refractivity (Wildman–Crippen MR) is 76.7 cm³/mol. The van der Waals surface area contributed by atoms with E-state index in [0.717, 1.165) is 36.0 Å². The molecule has 5 nitrogen and oxygen atoms in total. The summed E-state index contributed by atoms with van der Waals surface area (Å²) in [6.07, 6.45) is 5.51. The molecule has 0 saturated carbocycles. The van der Waals surface area contributed by atoms with Crippen molar-refractivity contribution >= 4 is 17.2 Å². The van der Waals surface area contributed by atoms with Crippen LogP contribution in [-0.4, -0.2) is 25.6 Å². The molecule has 1 aromatic carbocycles. The minimum atomic E-state index is 0.659. The van der Waals surface area contributed by atoms with Gasteiger partial charge in [0.25, 0.3) is 0 Å². The van der Waals surface area contributed by atoms with Crippen LogP contribution in [0.3, 0.4) is 0 Å².